The van der Waals surface area contributed by atoms with Crippen molar-refractivity contribution in [3.63, 3.8) is 0 Å². The van der Waals surface area contributed by atoms with E-state index in [2.05, 4.69) is 6.07 Å². The number of rotatable bonds is 3. The SMILES string of the molecule is O=S(=O)(O)CCc1cc[c]cc1. The van der Waals surface area contributed by atoms with Gasteiger partial charge < -0.3 is 0 Å². The molecule has 0 aliphatic carbocycles. The lowest BCUT2D eigenvalue weighted by Crippen LogP contribution is -2.06. The van der Waals surface area contributed by atoms with Crippen molar-refractivity contribution in [2.24, 2.45) is 0 Å². The van der Waals surface area contributed by atoms with Crippen LogP contribution in [0.5, 0.6) is 0 Å². The Bertz CT molecular complexity index is 329. The summed E-state index contributed by atoms with van der Waals surface area (Å²) in [7, 11) is -3.83. The maximum atomic E-state index is 10.4. The van der Waals surface area contributed by atoms with Crippen LogP contribution in [0.2, 0.25) is 0 Å². The Morgan fingerprint density at radius 2 is 1.92 bits per heavy atom. The van der Waals surface area contributed by atoms with Crippen molar-refractivity contribution in [3.05, 3.63) is 35.9 Å². The highest BCUT2D eigenvalue weighted by atomic mass is 32.2. The van der Waals surface area contributed by atoms with Crippen molar-refractivity contribution in [2.75, 3.05) is 5.75 Å². The summed E-state index contributed by atoms with van der Waals surface area (Å²) >= 11 is 0. The molecule has 1 aromatic rings. The number of hydrogen-bond donors (Lipinski definition) is 1. The summed E-state index contributed by atoms with van der Waals surface area (Å²) in [4.78, 5) is 0. The fourth-order valence-electron chi connectivity index (χ4n) is 0.835. The Hall–Kier alpha value is -0.870. The van der Waals surface area contributed by atoms with Crippen LogP contribution in [0.25, 0.3) is 0 Å². The van der Waals surface area contributed by atoms with E-state index in [0.29, 0.717) is 6.42 Å². The molecule has 0 bridgehead atoms. The first-order valence-electron chi connectivity index (χ1n) is 3.48. The maximum Gasteiger partial charge on any atom is 0.265 e. The van der Waals surface area contributed by atoms with Crippen LogP contribution in [0, 0.1) is 6.07 Å². The van der Waals surface area contributed by atoms with Crippen molar-refractivity contribution in [2.45, 2.75) is 6.42 Å². The molecule has 0 heterocycles. The second-order valence-electron chi connectivity index (χ2n) is 2.44. The summed E-state index contributed by atoms with van der Waals surface area (Å²) in [5.41, 5.74) is 0.881. The van der Waals surface area contributed by atoms with Crippen molar-refractivity contribution in [1.82, 2.24) is 0 Å². The highest BCUT2D eigenvalue weighted by Crippen LogP contribution is 2.00. The second-order valence-corrected chi connectivity index (χ2v) is 4.02. The molecule has 0 aromatic heterocycles. The molecule has 12 heavy (non-hydrogen) atoms. The highest BCUT2D eigenvalue weighted by molar-refractivity contribution is 7.85. The largest absolute Gasteiger partial charge is 0.286 e. The molecule has 0 saturated carbocycles. The number of aryl methyl sites for hydroxylation is 1. The second kappa shape index (κ2) is 3.69. The van der Waals surface area contributed by atoms with E-state index in [-0.39, 0.29) is 5.75 Å². The molecule has 65 valence electrons. The highest BCUT2D eigenvalue weighted by Gasteiger charge is 2.03. The van der Waals surface area contributed by atoms with Crippen LogP contribution in [0.15, 0.2) is 24.3 Å². The van der Waals surface area contributed by atoms with E-state index < -0.39 is 10.1 Å². The van der Waals surface area contributed by atoms with Gasteiger partial charge in [-0.1, -0.05) is 24.3 Å². The van der Waals surface area contributed by atoms with Crippen molar-refractivity contribution < 1.29 is 13.0 Å². The number of benzene rings is 1. The third kappa shape index (κ3) is 3.50. The minimum atomic E-state index is -3.83. The van der Waals surface area contributed by atoms with Gasteiger partial charge in [-0.05, 0) is 18.1 Å². The average molecular weight is 185 g/mol. The van der Waals surface area contributed by atoms with Gasteiger partial charge >= 0.3 is 0 Å². The standard InChI is InChI=1S/C8H9O3S/c9-12(10,11)7-6-8-4-2-1-3-5-8/h2-5H,6-7H2,(H,9,10,11). The van der Waals surface area contributed by atoms with Crippen molar-refractivity contribution in [3.8, 4) is 0 Å². The molecule has 0 saturated heterocycles. The van der Waals surface area contributed by atoms with E-state index in [4.69, 9.17) is 4.55 Å². The summed E-state index contributed by atoms with van der Waals surface area (Å²) in [5, 5.41) is 0. The Morgan fingerprint density at radius 3 is 2.42 bits per heavy atom. The summed E-state index contributed by atoms with van der Waals surface area (Å²) in [6.07, 6.45) is 0.341. The molecule has 4 heteroatoms. The quantitative estimate of drug-likeness (QED) is 0.712. The van der Waals surface area contributed by atoms with Crippen LogP contribution < -0.4 is 0 Å². The van der Waals surface area contributed by atoms with E-state index >= 15 is 0 Å². The lowest BCUT2D eigenvalue weighted by Gasteiger charge is -1.97. The van der Waals surface area contributed by atoms with Crippen LogP contribution in [0.1, 0.15) is 5.56 Å². The fourth-order valence-corrected chi connectivity index (χ4v) is 1.33. The Kier molecular flexibility index (Phi) is 2.83. The Labute approximate surface area is 71.8 Å². The molecular formula is C8H9O3S. The third-order valence-electron chi connectivity index (χ3n) is 1.44. The van der Waals surface area contributed by atoms with Gasteiger partial charge in [0.05, 0.1) is 5.75 Å². The zero-order chi connectivity index (χ0) is 9.03. The molecule has 0 spiro atoms. The summed E-state index contributed by atoms with van der Waals surface area (Å²) in [6.45, 7) is 0. The summed E-state index contributed by atoms with van der Waals surface area (Å²) in [5.74, 6) is -0.225. The molecule has 0 aliphatic heterocycles. The lowest BCUT2D eigenvalue weighted by molar-refractivity contribution is 0.482. The minimum absolute atomic E-state index is 0.225. The maximum absolute atomic E-state index is 10.4. The third-order valence-corrected chi connectivity index (χ3v) is 2.16. The smallest absolute Gasteiger partial charge is 0.265 e. The zero-order valence-electron chi connectivity index (χ0n) is 6.40. The van der Waals surface area contributed by atoms with Crippen molar-refractivity contribution in [1.29, 1.82) is 0 Å². The van der Waals surface area contributed by atoms with Gasteiger partial charge in [-0.15, -0.1) is 0 Å². The molecule has 1 rings (SSSR count). The van der Waals surface area contributed by atoms with E-state index in [9.17, 15) is 8.42 Å². The van der Waals surface area contributed by atoms with Gasteiger partial charge in [-0.3, -0.25) is 4.55 Å². The van der Waals surface area contributed by atoms with Gasteiger partial charge in [0.1, 0.15) is 0 Å². The summed E-state index contributed by atoms with van der Waals surface area (Å²) < 4.78 is 29.1. The Balaban J connectivity index is 2.56. The van der Waals surface area contributed by atoms with Gasteiger partial charge in [0.25, 0.3) is 10.1 Å². The minimum Gasteiger partial charge on any atom is -0.286 e. The number of hydrogen-bond acceptors (Lipinski definition) is 2. The van der Waals surface area contributed by atoms with Gasteiger partial charge in [0.15, 0.2) is 0 Å². The van der Waals surface area contributed by atoms with Gasteiger partial charge in [0.2, 0.25) is 0 Å². The Morgan fingerprint density at radius 1 is 1.33 bits per heavy atom. The van der Waals surface area contributed by atoms with Crippen molar-refractivity contribution >= 4 is 10.1 Å². The van der Waals surface area contributed by atoms with Crippen LogP contribution in [0.3, 0.4) is 0 Å². The topological polar surface area (TPSA) is 54.4 Å². The molecular weight excluding hydrogens is 176 g/mol. The normalized spacial score (nSPS) is 11.4. The molecule has 3 nitrogen and oxygen atoms in total. The van der Waals surface area contributed by atoms with Crippen LogP contribution >= 0.6 is 0 Å². The van der Waals surface area contributed by atoms with E-state index in [1.165, 1.54) is 0 Å². The van der Waals surface area contributed by atoms with Gasteiger partial charge in [0, 0.05) is 0 Å². The molecule has 0 atom stereocenters. The monoisotopic (exact) mass is 185 g/mol. The van der Waals surface area contributed by atoms with Gasteiger partial charge in [-0.2, -0.15) is 8.42 Å². The predicted octanol–water partition coefficient (Wildman–Crippen LogP) is 0.917. The first kappa shape index (κ1) is 9.22. The molecule has 1 N–H and O–H groups in total. The van der Waals surface area contributed by atoms with Crippen LogP contribution in [-0.4, -0.2) is 18.7 Å². The predicted molar refractivity (Wildman–Crippen MR) is 45.4 cm³/mol. The van der Waals surface area contributed by atoms with E-state index in [0.717, 1.165) is 5.56 Å². The zero-order valence-corrected chi connectivity index (χ0v) is 7.21. The van der Waals surface area contributed by atoms with E-state index in [1.807, 2.05) is 0 Å². The summed E-state index contributed by atoms with van der Waals surface area (Å²) in [6, 6.07) is 9.77. The van der Waals surface area contributed by atoms with Gasteiger partial charge in [-0.25, -0.2) is 0 Å². The molecule has 1 aromatic carbocycles. The fraction of sp³-hybridized carbons (Fsp3) is 0.250. The molecule has 0 fully saturated rings. The molecule has 0 aliphatic rings. The molecule has 0 amide bonds. The van der Waals surface area contributed by atoms with Crippen LogP contribution in [0.4, 0.5) is 0 Å². The first-order valence-corrected chi connectivity index (χ1v) is 5.09. The van der Waals surface area contributed by atoms with Crippen LogP contribution in [-0.2, 0) is 16.5 Å². The van der Waals surface area contributed by atoms with E-state index in [1.54, 1.807) is 24.3 Å². The average Bonchev–Trinajstić information content (AvgIpc) is 2.02. The molecule has 0 unspecified atom stereocenters. The molecule has 1 radical (unpaired) electrons. The first-order chi connectivity index (χ1) is 5.58. The lowest BCUT2D eigenvalue weighted by atomic mass is 10.2.